The third kappa shape index (κ3) is 5.44. The molecule has 2 aromatic rings. The Morgan fingerprint density at radius 1 is 1.38 bits per heavy atom. The average Bonchev–Trinajstić information content (AvgIpc) is 2.91. The molecule has 0 radical (unpaired) electrons. The molecule has 1 aromatic carbocycles. The highest BCUT2D eigenvalue weighted by molar-refractivity contribution is 5.76. The second-order valence-electron chi connectivity index (χ2n) is 6.51. The zero-order valence-electron chi connectivity index (χ0n) is 14.6. The lowest BCUT2D eigenvalue weighted by Gasteiger charge is -2.25. The molecule has 1 amide bonds. The quantitative estimate of drug-likeness (QED) is 0.747. The van der Waals surface area contributed by atoms with Crippen molar-refractivity contribution in [2.45, 2.75) is 39.7 Å². The Bertz CT molecular complexity index is 669. The third-order valence-corrected chi connectivity index (χ3v) is 3.80. The molecule has 0 unspecified atom stereocenters. The molecule has 0 saturated heterocycles. The van der Waals surface area contributed by atoms with Crippen LogP contribution in [-0.2, 0) is 24.8 Å². The molecule has 0 atom stereocenters. The van der Waals surface area contributed by atoms with Crippen LogP contribution >= 0.6 is 0 Å². The minimum Gasteiger partial charge on any atom is -0.338 e. The Balaban J connectivity index is 1.93. The fraction of sp³-hybridized carbons (Fsp3) is 0.500. The summed E-state index contributed by atoms with van der Waals surface area (Å²) in [6, 6.07) is 6.43. The van der Waals surface area contributed by atoms with Crippen LogP contribution in [0.2, 0.25) is 0 Å². The van der Waals surface area contributed by atoms with Crippen LogP contribution in [-0.4, -0.2) is 32.1 Å². The van der Waals surface area contributed by atoms with Gasteiger partial charge in [-0.25, -0.2) is 4.39 Å². The number of amides is 1. The Morgan fingerprint density at radius 2 is 2.17 bits per heavy atom. The number of nitrogens with zero attached hydrogens (tertiary/aromatic N) is 4. The summed E-state index contributed by atoms with van der Waals surface area (Å²) in [6.45, 7) is 5.26. The standard InChI is InChI=1S/C18H25FN4O/c1-14(2)11-23(12-15-6-4-7-16(19)10-15)18(24)9-5-8-17-21-20-13-22(17)3/h4,6-7,10,13-14H,5,8-9,11-12H2,1-3H3. The van der Waals surface area contributed by atoms with Gasteiger partial charge in [0.1, 0.15) is 18.0 Å². The minimum absolute atomic E-state index is 0.0927. The Hall–Kier alpha value is -2.24. The van der Waals surface area contributed by atoms with Crippen LogP contribution in [0.5, 0.6) is 0 Å². The molecule has 6 heteroatoms. The monoisotopic (exact) mass is 332 g/mol. The number of halogens is 1. The largest absolute Gasteiger partial charge is 0.338 e. The number of carbonyl (C=O) groups excluding carboxylic acids is 1. The fourth-order valence-corrected chi connectivity index (χ4v) is 2.64. The van der Waals surface area contributed by atoms with Crippen molar-refractivity contribution in [2.24, 2.45) is 13.0 Å². The molecule has 0 N–H and O–H groups in total. The predicted molar refractivity (Wildman–Crippen MR) is 90.6 cm³/mol. The van der Waals surface area contributed by atoms with E-state index in [1.54, 1.807) is 12.4 Å². The lowest BCUT2D eigenvalue weighted by molar-refractivity contribution is -0.132. The molecular weight excluding hydrogens is 307 g/mol. The molecular formula is C18H25FN4O. The van der Waals surface area contributed by atoms with E-state index < -0.39 is 0 Å². The zero-order chi connectivity index (χ0) is 17.5. The highest BCUT2D eigenvalue weighted by atomic mass is 19.1. The maximum Gasteiger partial charge on any atom is 0.222 e. The van der Waals surface area contributed by atoms with E-state index in [9.17, 15) is 9.18 Å². The van der Waals surface area contributed by atoms with E-state index in [1.807, 2.05) is 22.6 Å². The van der Waals surface area contributed by atoms with Crippen molar-refractivity contribution >= 4 is 5.91 Å². The first kappa shape index (κ1) is 18.1. The molecule has 130 valence electrons. The number of aromatic nitrogens is 3. The summed E-state index contributed by atoms with van der Waals surface area (Å²) >= 11 is 0. The zero-order valence-corrected chi connectivity index (χ0v) is 14.6. The third-order valence-electron chi connectivity index (χ3n) is 3.80. The van der Waals surface area contributed by atoms with E-state index in [1.165, 1.54) is 12.1 Å². The maximum absolute atomic E-state index is 13.4. The molecule has 5 nitrogen and oxygen atoms in total. The van der Waals surface area contributed by atoms with Gasteiger partial charge >= 0.3 is 0 Å². The van der Waals surface area contributed by atoms with Crippen molar-refractivity contribution in [3.63, 3.8) is 0 Å². The fourth-order valence-electron chi connectivity index (χ4n) is 2.64. The normalized spacial score (nSPS) is 11.0. The molecule has 1 heterocycles. The van der Waals surface area contributed by atoms with Crippen molar-refractivity contribution in [3.05, 3.63) is 47.8 Å². The van der Waals surface area contributed by atoms with Gasteiger partial charge in [-0.3, -0.25) is 4.79 Å². The second kappa shape index (κ2) is 8.57. The van der Waals surface area contributed by atoms with Gasteiger partial charge in [-0.2, -0.15) is 0 Å². The van der Waals surface area contributed by atoms with Gasteiger partial charge in [0.25, 0.3) is 0 Å². The van der Waals surface area contributed by atoms with Crippen LogP contribution in [0.25, 0.3) is 0 Å². The van der Waals surface area contributed by atoms with E-state index in [2.05, 4.69) is 24.0 Å². The molecule has 2 rings (SSSR count). The van der Waals surface area contributed by atoms with Gasteiger partial charge in [0, 0.05) is 33.0 Å². The second-order valence-corrected chi connectivity index (χ2v) is 6.51. The molecule has 0 aliphatic heterocycles. The van der Waals surface area contributed by atoms with Gasteiger partial charge in [-0.1, -0.05) is 26.0 Å². The van der Waals surface area contributed by atoms with Gasteiger partial charge in [0.2, 0.25) is 5.91 Å². The number of rotatable bonds is 8. The smallest absolute Gasteiger partial charge is 0.222 e. The van der Waals surface area contributed by atoms with Crippen molar-refractivity contribution in [1.29, 1.82) is 0 Å². The van der Waals surface area contributed by atoms with Crippen LogP contribution in [0.15, 0.2) is 30.6 Å². The summed E-state index contributed by atoms with van der Waals surface area (Å²) in [5.41, 5.74) is 0.817. The summed E-state index contributed by atoms with van der Waals surface area (Å²) in [4.78, 5) is 14.4. The van der Waals surface area contributed by atoms with Crippen LogP contribution in [0.1, 0.15) is 38.1 Å². The summed E-state index contributed by atoms with van der Waals surface area (Å²) in [7, 11) is 1.90. The Labute approximate surface area is 142 Å². The lowest BCUT2D eigenvalue weighted by atomic mass is 10.1. The SMILES string of the molecule is CC(C)CN(Cc1cccc(F)c1)C(=O)CCCc1nncn1C. The number of aryl methyl sites for hydroxylation is 2. The van der Waals surface area contributed by atoms with Crippen LogP contribution in [0.4, 0.5) is 4.39 Å². The molecule has 0 aliphatic rings. The molecule has 0 fully saturated rings. The summed E-state index contributed by atoms with van der Waals surface area (Å²) in [5.74, 6) is 1.06. The number of hydrogen-bond acceptors (Lipinski definition) is 3. The number of hydrogen-bond donors (Lipinski definition) is 0. The highest BCUT2D eigenvalue weighted by Gasteiger charge is 2.16. The van der Waals surface area contributed by atoms with E-state index >= 15 is 0 Å². The van der Waals surface area contributed by atoms with Crippen molar-refractivity contribution < 1.29 is 9.18 Å². The van der Waals surface area contributed by atoms with Gasteiger partial charge in [-0.05, 0) is 30.0 Å². The summed E-state index contributed by atoms with van der Waals surface area (Å²) < 4.78 is 15.2. The molecule has 0 spiro atoms. The lowest BCUT2D eigenvalue weighted by Crippen LogP contribution is -2.33. The molecule has 1 aromatic heterocycles. The number of benzene rings is 1. The van der Waals surface area contributed by atoms with Gasteiger partial charge < -0.3 is 9.47 Å². The molecule has 0 saturated carbocycles. The first-order valence-corrected chi connectivity index (χ1v) is 8.30. The topological polar surface area (TPSA) is 51.0 Å². The van der Waals surface area contributed by atoms with Crippen molar-refractivity contribution in [3.8, 4) is 0 Å². The Morgan fingerprint density at radius 3 is 2.79 bits per heavy atom. The average molecular weight is 332 g/mol. The first-order chi connectivity index (χ1) is 11.5. The number of carbonyl (C=O) groups is 1. The van der Waals surface area contributed by atoms with Crippen LogP contribution in [0.3, 0.4) is 0 Å². The van der Waals surface area contributed by atoms with Gasteiger partial charge in [0.05, 0.1) is 0 Å². The van der Waals surface area contributed by atoms with E-state index in [-0.39, 0.29) is 11.7 Å². The molecule has 0 aliphatic carbocycles. The first-order valence-electron chi connectivity index (χ1n) is 8.30. The highest BCUT2D eigenvalue weighted by Crippen LogP contribution is 2.12. The summed E-state index contributed by atoms with van der Waals surface area (Å²) in [5, 5.41) is 7.87. The van der Waals surface area contributed by atoms with Crippen LogP contribution in [0, 0.1) is 11.7 Å². The van der Waals surface area contributed by atoms with E-state index in [0.717, 1.165) is 24.2 Å². The minimum atomic E-state index is -0.272. The maximum atomic E-state index is 13.4. The predicted octanol–water partition coefficient (Wildman–Crippen LogP) is 2.96. The Kier molecular flexibility index (Phi) is 6.46. The molecule has 0 bridgehead atoms. The van der Waals surface area contributed by atoms with E-state index in [0.29, 0.717) is 25.4 Å². The van der Waals surface area contributed by atoms with Gasteiger partial charge in [0.15, 0.2) is 0 Å². The summed E-state index contributed by atoms with van der Waals surface area (Å²) in [6.07, 6.45) is 3.56. The van der Waals surface area contributed by atoms with Gasteiger partial charge in [-0.15, -0.1) is 10.2 Å². The van der Waals surface area contributed by atoms with Crippen LogP contribution < -0.4 is 0 Å². The van der Waals surface area contributed by atoms with Crippen molar-refractivity contribution in [1.82, 2.24) is 19.7 Å². The van der Waals surface area contributed by atoms with Crippen molar-refractivity contribution in [2.75, 3.05) is 6.54 Å². The molecule has 24 heavy (non-hydrogen) atoms. The van der Waals surface area contributed by atoms with E-state index in [4.69, 9.17) is 0 Å².